The van der Waals surface area contributed by atoms with Gasteiger partial charge in [-0.3, -0.25) is 0 Å². The van der Waals surface area contributed by atoms with Crippen molar-refractivity contribution in [2.24, 2.45) is 5.92 Å². The van der Waals surface area contributed by atoms with Gasteiger partial charge in [-0.25, -0.2) is 0 Å². The van der Waals surface area contributed by atoms with Crippen molar-refractivity contribution in [1.82, 2.24) is 0 Å². The van der Waals surface area contributed by atoms with Crippen LogP contribution in [0.5, 0.6) is 0 Å². The summed E-state index contributed by atoms with van der Waals surface area (Å²) < 4.78 is 0. The van der Waals surface area contributed by atoms with Crippen LogP contribution in [0.3, 0.4) is 0 Å². The molecule has 128 valence electrons. The summed E-state index contributed by atoms with van der Waals surface area (Å²) >= 11 is 0. The van der Waals surface area contributed by atoms with Gasteiger partial charge in [-0.15, -0.1) is 0 Å². The molecule has 0 aliphatic rings. The Balaban J connectivity index is 1.99. The molecule has 0 aliphatic heterocycles. The summed E-state index contributed by atoms with van der Waals surface area (Å²) in [6.07, 6.45) is 12.7. The molecular weight excluding hydrogens is 288 g/mol. The van der Waals surface area contributed by atoms with Gasteiger partial charge in [0.05, 0.1) is 0 Å². The van der Waals surface area contributed by atoms with Crippen LogP contribution in [-0.4, -0.2) is 0 Å². The number of allylic oxidation sites excluding steroid dienone is 2. The maximum atomic E-state index is 2.44. The Hall–Kier alpha value is -1.82. The zero-order valence-electron chi connectivity index (χ0n) is 15.3. The lowest BCUT2D eigenvalue weighted by Gasteiger charge is -2.15. The molecule has 0 radical (unpaired) electrons. The molecule has 0 saturated carbocycles. The SMILES string of the molecule is CCCCCC[C@H](C)/C=C/[C@@H](Cc1ccccc1)c1ccccc1. The molecule has 2 atom stereocenters. The molecule has 0 bridgehead atoms. The van der Waals surface area contributed by atoms with Crippen LogP contribution in [0.1, 0.15) is 63.0 Å². The highest BCUT2D eigenvalue weighted by Gasteiger charge is 2.09. The summed E-state index contributed by atoms with van der Waals surface area (Å²) in [4.78, 5) is 0. The fourth-order valence-corrected chi connectivity index (χ4v) is 3.18. The summed E-state index contributed by atoms with van der Waals surface area (Å²) in [6.45, 7) is 4.63. The van der Waals surface area contributed by atoms with Gasteiger partial charge in [-0.2, -0.15) is 0 Å². The minimum absolute atomic E-state index is 0.465. The van der Waals surface area contributed by atoms with Crippen molar-refractivity contribution in [2.45, 2.75) is 58.3 Å². The van der Waals surface area contributed by atoms with Gasteiger partial charge in [-0.1, -0.05) is 112 Å². The number of unbranched alkanes of at least 4 members (excludes halogenated alkanes) is 3. The van der Waals surface area contributed by atoms with Crippen molar-refractivity contribution in [3.63, 3.8) is 0 Å². The van der Waals surface area contributed by atoms with E-state index in [-0.39, 0.29) is 0 Å². The van der Waals surface area contributed by atoms with E-state index >= 15 is 0 Å². The molecule has 2 rings (SSSR count). The predicted molar refractivity (Wildman–Crippen MR) is 106 cm³/mol. The quantitative estimate of drug-likeness (QED) is 0.321. The Labute approximate surface area is 148 Å². The second-order valence-electron chi connectivity index (χ2n) is 6.92. The van der Waals surface area contributed by atoms with Gasteiger partial charge >= 0.3 is 0 Å². The zero-order chi connectivity index (χ0) is 17.0. The summed E-state index contributed by atoms with van der Waals surface area (Å²) in [6, 6.07) is 21.7. The molecule has 24 heavy (non-hydrogen) atoms. The first-order chi connectivity index (χ1) is 11.8. The summed E-state index contributed by atoms with van der Waals surface area (Å²) in [5.74, 6) is 1.13. The van der Waals surface area contributed by atoms with Gasteiger partial charge in [0.2, 0.25) is 0 Å². The van der Waals surface area contributed by atoms with Gasteiger partial charge < -0.3 is 0 Å². The lowest BCUT2D eigenvalue weighted by molar-refractivity contribution is 0.559. The van der Waals surface area contributed by atoms with Gasteiger partial charge in [-0.05, 0) is 29.9 Å². The maximum absolute atomic E-state index is 2.44. The second-order valence-corrected chi connectivity index (χ2v) is 6.92. The van der Waals surface area contributed by atoms with E-state index in [1.54, 1.807) is 0 Å². The van der Waals surface area contributed by atoms with E-state index in [4.69, 9.17) is 0 Å². The molecule has 0 nitrogen and oxygen atoms in total. The zero-order valence-corrected chi connectivity index (χ0v) is 15.3. The molecule has 0 unspecified atom stereocenters. The summed E-state index contributed by atoms with van der Waals surface area (Å²) in [7, 11) is 0. The van der Waals surface area contributed by atoms with Crippen molar-refractivity contribution < 1.29 is 0 Å². The van der Waals surface area contributed by atoms with E-state index in [2.05, 4.69) is 86.7 Å². The first kappa shape index (κ1) is 18.5. The van der Waals surface area contributed by atoms with Crippen LogP contribution in [0.4, 0.5) is 0 Å². The Morgan fingerprint density at radius 2 is 1.46 bits per heavy atom. The normalized spacial score (nSPS) is 13.9. The molecule has 0 spiro atoms. The molecule has 0 aromatic heterocycles. The van der Waals surface area contributed by atoms with E-state index in [9.17, 15) is 0 Å². The average molecular weight is 321 g/mol. The van der Waals surface area contributed by atoms with Crippen LogP contribution in [-0.2, 0) is 6.42 Å². The first-order valence-corrected chi connectivity index (χ1v) is 9.56. The molecule has 0 N–H and O–H groups in total. The van der Waals surface area contributed by atoms with Crippen molar-refractivity contribution in [1.29, 1.82) is 0 Å². The van der Waals surface area contributed by atoms with E-state index in [0.717, 1.165) is 6.42 Å². The Bertz CT molecular complexity index is 568. The smallest absolute Gasteiger partial charge is 0.00584 e. The molecule has 0 saturated heterocycles. The number of hydrogen-bond donors (Lipinski definition) is 0. The summed E-state index contributed by atoms with van der Waals surface area (Å²) in [5, 5.41) is 0. The van der Waals surface area contributed by atoms with Gasteiger partial charge in [0.25, 0.3) is 0 Å². The Morgan fingerprint density at radius 1 is 0.792 bits per heavy atom. The fourth-order valence-electron chi connectivity index (χ4n) is 3.18. The highest BCUT2D eigenvalue weighted by Crippen LogP contribution is 2.24. The molecule has 0 heterocycles. The molecule has 0 heteroatoms. The van der Waals surface area contributed by atoms with Crippen molar-refractivity contribution in [2.75, 3.05) is 0 Å². The minimum Gasteiger partial charge on any atom is -0.0851 e. The Kier molecular flexibility index (Phi) is 8.38. The van der Waals surface area contributed by atoms with Gasteiger partial charge in [0.1, 0.15) is 0 Å². The van der Waals surface area contributed by atoms with Crippen molar-refractivity contribution >= 4 is 0 Å². The molecule has 0 aliphatic carbocycles. The topological polar surface area (TPSA) is 0 Å². The average Bonchev–Trinajstić information content (AvgIpc) is 2.64. The van der Waals surface area contributed by atoms with Gasteiger partial charge in [0, 0.05) is 5.92 Å². The standard InChI is InChI=1S/C24H32/c1-3-4-5-8-13-21(2)18-19-24(23-16-11-7-12-17-23)20-22-14-9-6-10-15-22/h6-7,9-12,14-19,21,24H,3-5,8,13,20H2,1-2H3/b19-18+/t21-,24-/m0/s1. The van der Waals surface area contributed by atoms with Crippen LogP contribution in [0.15, 0.2) is 72.8 Å². The third kappa shape index (κ3) is 6.74. The molecule has 0 amide bonds. The van der Waals surface area contributed by atoms with Crippen molar-refractivity contribution in [3.8, 4) is 0 Å². The minimum atomic E-state index is 0.465. The summed E-state index contributed by atoms with van der Waals surface area (Å²) in [5.41, 5.74) is 2.82. The number of hydrogen-bond acceptors (Lipinski definition) is 0. The largest absolute Gasteiger partial charge is 0.0851 e. The van der Waals surface area contributed by atoms with Gasteiger partial charge in [0.15, 0.2) is 0 Å². The molecule has 2 aromatic rings. The van der Waals surface area contributed by atoms with E-state index in [1.807, 2.05) is 0 Å². The molecule has 2 aromatic carbocycles. The van der Waals surface area contributed by atoms with Crippen LogP contribution in [0.2, 0.25) is 0 Å². The predicted octanol–water partition coefficient (Wildman–Crippen LogP) is 7.18. The van der Waals surface area contributed by atoms with Crippen molar-refractivity contribution in [3.05, 3.63) is 83.9 Å². The second kappa shape index (κ2) is 10.9. The number of rotatable bonds is 10. The van der Waals surface area contributed by atoms with Crippen LogP contribution < -0.4 is 0 Å². The van der Waals surface area contributed by atoms with Crippen LogP contribution in [0.25, 0.3) is 0 Å². The van der Waals surface area contributed by atoms with E-state index in [0.29, 0.717) is 11.8 Å². The monoisotopic (exact) mass is 320 g/mol. The molecule has 0 fully saturated rings. The first-order valence-electron chi connectivity index (χ1n) is 9.56. The van der Waals surface area contributed by atoms with E-state index < -0.39 is 0 Å². The highest BCUT2D eigenvalue weighted by molar-refractivity contribution is 5.28. The van der Waals surface area contributed by atoms with E-state index in [1.165, 1.54) is 43.2 Å². The third-order valence-electron chi connectivity index (χ3n) is 4.71. The third-order valence-corrected chi connectivity index (χ3v) is 4.71. The fraction of sp³-hybridized carbons (Fsp3) is 0.417. The maximum Gasteiger partial charge on any atom is 0.00584 e. The Morgan fingerprint density at radius 3 is 2.12 bits per heavy atom. The number of benzene rings is 2. The molecular formula is C24H32. The van der Waals surface area contributed by atoms with Crippen LogP contribution >= 0.6 is 0 Å². The lowest BCUT2D eigenvalue weighted by Crippen LogP contribution is -2.01. The lowest BCUT2D eigenvalue weighted by atomic mass is 9.90. The highest BCUT2D eigenvalue weighted by atomic mass is 14.1. The van der Waals surface area contributed by atoms with Crippen LogP contribution in [0, 0.1) is 5.92 Å².